The number of aromatic amines is 1. The van der Waals surface area contributed by atoms with Crippen molar-refractivity contribution in [2.45, 2.75) is 11.7 Å². The monoisotopic (exact) mass is 295 g/mol. The van der Waals surface area contributed by atoms with Crippen LogP contribution < -0.4 is 17.0 Å². The minimum absolute atomic E-state index is 0.0328. The van der Waals surface area contributed by atoms with Crippen LogP contribution in [0, 0.1) is 0 Å². The molecule has 0 unspecified atom stereocenters. The van der Waals surface area contributed by atoms with Crippen LogP contribution in [0.2, 0.25) is 0 Å². The first-order valence-electron chi connectivity index (χ1n) is 5.67. The molecule has 1 amide bonds. The van der Waals surface area contributed by atoms with E-state index in [-0.39, 0.29) is 16.9 Å². The standard InChI is InChI=1S/C11H13N5O3S/c1-3-4-16-7-8(13-10(19)15(2)9(7)18)14-11(16)20-5-6(12)17/h3H,1,4-5H2,2H3,(H2,12,17)(H,13,19). The van der Waals surface area contributed by atoms with E-state index in [1.807, 2.05) is 0 Å². The van der Waals surface area contributed by atoms with E-state index in [1.165, 1.54) is 7.05 Å². The van der Waals surface area contributed by atoms with Crippen molar-refractivity contribution in [2.24, 2.45) is 12.8 Å². The lowest BCUT2D eigenvalue weighted by molar-refractivity contribution is -0.115. The minimum atomic E-state index is -0.544. The summed E-state index contributed by atoms with van der Waals surface area (Å²) < 4.78 is 2.56. The molecule has 20 heavy (non-hydrogen) atoms. The first kappa shape index (κ1) is 14.1. The molecule has 0 bridgehead atoms. The van der Waals surface area contributed by atoms with Crippen LogP contribution in [0.3, 0.4) is 0 Å². The van der Waals surface area contributed by atoms with Gasteiger partial charge in [0.05, 0.1) is 5.75 Å². The number of aromatic nitrogens is 4. The fraction of sp³-hybridized carbons (Fsp3) is 0.273. The average Bonchev–Trinajstić information content (AvgIpc) is 2.72. The van der Waals surface area contributed by atoms with E-state index in [9.17, 15) is 14.4 Å². The Hall–Kier alpha value is -2.29. The third-order valence-electron chi connectivity index (χ3n) is 2.62. The molecular formula is C11H13N5O3S. The molecule has 0 aliphatic carbocycles. The van der Waals surface area contributed by atoms with Gasteiger partial charge < -0.3 is 10.3 Å². The smallest absolute Gasteiger partial charge is 0.329 e. The maximum atomic E-state index is 12.1. The quantitative estimate of drug-likeness (QED) is 0.552. The highest BCUT2D eigenvalue weighted by molar-refractivity contribution is 7.99. The molecule has 2 aromatic heterocycles. The summed E-state index contributed by atoms with van der Waals surface area (Å²) in [5.41, 5.74) is 4.55. The highest BCUT2D eigenvalue weighted by Crippen LogP contribution is 2.20. The van der Waals surface area contributed by atoms with Crippen LogP contribution >= 0.6 is 11.8 Å². The zero-order valence-electron chi connectivity index (χ0n) is 10.8. The second-order valence-electron chi connectivity index (χ2n) is 4.04. The largest absolute Gasteiger partial charge is 0.369 e. The Kier molecular flexibility index (Phi) is 3.79. The van der Waals surface area contributed by atoms with Crippen molar-refractivity contribution >= 4 is 28.8 Å². The van der Waals surface area contributed by atoms with Crippen molar-refractivity contribution in [3.8, 4) is 0 Å². The number of nitrogens with two attached hydrogens (primary N) is 1. The maximum absolute atomic E-state index is 12.1. The lowest BCUT2D eigenvalue weighted by Crippen LogP contribution is -2.33. The van der Waals surface area contributed by atoms with Crippen LogP contribution in [0.1, 0.15) is 0 Å². The van der Waals surface area contributed by atoms with Crippen molar-refractivity contribution in [3.63, 3.8) is 0 Å². The predicted molar refractivity (Wildman–Crippen MR) is 75.7 cm³/mol. The van der Waals surface area contributed by atoms with Crippen LogP contribution in [0.25, 0.3) is 11.2 Å². The number of amides is 1. The molecule has 2 aromatic rings. The second-order valence-corrected chi connectivity index (χ2v) is 4.98. The van der Waals surface area contributed by atoms with Crippen LogP contribution in [-0.2, 0) is 18.4 Å². The summed E-state index contributed by atoms with van der Waals surface area (Å²) in [7, 11) is 1.38. The molecule has 2 rings (SSSR count). The first-order valence-corrected chi connectivity index (χ1v) is 6.65. The van der Waals surface area contributed by atoms with E-state index in [4.69, 9.17) is 5.73 Å². The van der Waals surface area contributed by atoms with E-state index >= 15 is 0 Å². The van der Waals surface area contributed by atoms with Gasteiger partial charge in [0.2, 0.25) is 5.91 Å². The van der Waals surface area contributed by atoms with Gasteiger partial charge in [0.15, 0.2) is 16.3 Å². The summed E-state index contributed by atoms with van der Waals surface area (Å²) in [6.07, 6.45) is 1.60. The Labute approximate surface area is 117 Å². The van der Waals surface area contributed by atoms with E-state index < -0.39 is 17.2 Å². The number of carbonyl (C=O) groups is 1. The van der Waals surface area contributed by atoms with Gasteiger partial charge in [-0.15, -0.1) is 6.58 Å². The Morgan fingerprint density at radius 3 is 2.85 bits per heavy atom. The van der Waals surface area contributed by atoms with Gasteiger partial charge in [-0.05, 0) is 0 Å². The molecule has 0 fully saturated rings. The van der Waals surface area contributed by atoms with Gasteiger partial charge in [-0.1, -0.05) is 17.8 Å². The highest BCUT2D eigenvalue weighted by Gasteiger charge is 2.16. The number of primary amides is 1. The minimum Gasteiger partial charge on any atom is -0.369 e. The molecule has 3 N–H and O–H groups in total. The topological polar surface area (TPSA) is 116 Å². The molecular weight excluding hydrogens is 282 g/mol. The van der Waals surface area contributed by atoms with Gasteiger partial charge in [-0.25, -0.2) is 9.78 Å². The zero-order chi connectivity index (χ0) is 14.9. The molecule has 8 nitrogen and oxygen atoms in total. The molecule has 106 valence electrons. The summed E-state index contributed by atoms with van der Waals surface area (Å²) in [4.78, 5) is 41.2. The Morgan fingerprint density at radius 1 is 1.55 bits per heavy atom. The number of nitrogens with zero attached hydrogens (tertiary/aromatic N) is 3. The van der Waals surface area contributed by atoms with Gasteiger partial charge in [-0.2, -0.15) is 0 Å². The number of allylic oxidation sites excluding steroid dienone is 1. The number of thioether (sulfide) groups is 1. The third kappa shape index (κ3) is 2.39. The van der Waals surface area contributed by atoms with Crippen LogP contribution in [0.5, 0.6) is 0 Å². The predicted octanol–water partition coefficient (Wildman–Crippen LogP) is -0.813. The van der Waals surface area contributed by atoms with Crippen LogP contribution in [0.15, 0.2) is 27.4 Å². The van der Waals surface area contributed by atoms with Gasteiger partial charge >= 0.3 is 5.69 Å². The molecule has 2 heterocycles. The lowest BCUT2D eigenvalue weighted by atomic mass is 10.5. The fourth-order valence-electron chi connectivity index (χ4n) is 1.72. The van der Waals surface area contributed by atoms with Gasteiger partial charge in [0.1, 0.15) is 0 Å². The van der Waals surface area contributed by atoms with E-state index in [2.05, 4.69) is 16.5 Å². The van der Waals surface area contributed by atoms with E-state index in [0.29, 0.717) is 11.7 Å². The van der Waals surface area contributed by atoms with Crippen molar-refractivity contribution in [1.29, 1.82) is 0 Å². The number of imidazole rings is 1. The van der Waals surface area contributed by atoms with Crippen LogP contribution in [-0.4, -0.2) is 30.8 Å². The maximum Gasteiger partial charge on any atom is 0.329 e. The molecule has 0 aromatic carbocycles. The summed E-state index contributed by atoms with van der Waals surface area (Å²) in [5, 5.41) is 0.428. The summed E-state index contributed by atoms with van der Waals surface area (Å²) in [6, 6.07) is 0. The number of fused-ring (bicyclic) bond motifs is 1. The Bertz CT molecular complexity index is 801. The summed E-state index contributed by atoms with van der Waals surface area (Å²) >= 11 is 1.10. The van der Waals surface area contributed by atoms with Crippen molar-refractivity contribution in [3.05, 3.63) is 33.5 Å². The van der Waals surface area contributed by atoms with Crippen molar-refractivity contribution in [2.75, 3.05) is 5.75 Å². The number of hydrogen-bond donors (Lipinski definition) is 2. The first-order chi connectivity index (χ1) is 9.45. The molecule has 0 saturated carbocycles. The van der Waals surface area contributed by atoms with Gasteiger partial charge in [0, 0.05) is 13.6 Å². The molecule has 0 aliphatic heterocycles. The molecule has 9 heteroatoms. The molecule has 0 spiro atoms. The number of nitrogens with one attached hydrogen (secondary N) is 1. The summed E-state index contributed by atoms with van der Waals surface area (Å²) in [6.45, 7) is 3.95. The molecule has 0 saturated heterocycles. The fourth-order valence-corrected chi connectivity index (χ4v) is 2.47. The number of H-pyrrole nitrogens is 1. The number of carbonyl (C=O) groups excluding carboxylic acids is 1. The van der Waals surface area contributed by atoms with Gasteiger partial charge in [-0.3, -0.25) is 19.1 Å². The van der Waals surface area contributed by atoms with Gasteiger partial charge in [0.25, 0.3) is 5.56 Å². The van der Waals surface area contributed by atoms with Crippen molar-refractivity contribution < 1.29 is 4.79 Å². The van der Waals surface area contributed by atoms with E-state index in [0.717, 1.165) is 16.3 Å². The number of hydrogen-bond acceptors (Lipinski definition) is 5. The van der Waals surface area contributed by atoms with Crippen molar-refractivity contribution in [1.82, 2.24) is 19.1 Å². The summed E-state index contributed by atoms with van der Waals surface area (Å²) in [5.74, 6) is -0.459. The molecule has 0 radical (unpaired) electrons. The van der Waals surface area contributed by atoms with Crippen LogP contribution in [0.4, 0.5) is 0 Å². The SMILES string of the molecule is C=CCn1c(SCC(N)=O)nc2[nH]c(=O)n(C)c(=O)c21. The third-order valence-corrected chi connectivity index (χ3v) is 3.62. The normalized spacial score (nSPS) is 10.8. The Balaban J connectivity index is 2.70. The second kappa shape index (κ2) is 5.37. The van der Waals surface area contributed by atoms with E-state index in [1.54, 1.807) is 10.6 Å². The molecule has 0 atom stereocenters. The average molecular weight is 295 g/mol. The zero-order valence-corrected chi connectivity index (χ0v) is 11.6. The highest BCUT2D eigenvalue weighted by atomic mass is 32.2. The Morgan fingerprint density at radius 2 is 2.25 bits per heavy atom. The lowest BCUT2D eigenvalue weighted by Gasteiger charge is -2.04. The number of rotatable bonds is 5. The molecule has 0 aliphatic rings.